The van der Waals surface area contributed by atoms with E-state index in [9.17, 15) is 0 Å². The van der Waals surface area contributed by atoms with Crippen LogP contribution in [0.1, 0.15) is 19.4 Å². The highest BCUT2D eigenvalue weighted by Crippen LogP contribution is 2.26. The second-order valence-corrected chi connectivity index (χ2v) is 5.72. The Morgan fingerprint density at radius 1 is 0.952 bits per heavy atom. The number of aromatic nitrogens is 1. The number of nitrogens with zero attached hydrogens (tertiary/aromatic N) is 1. The Balaban J connectivity index is 2.36. The van der Waals surface area contributed by atoms with Gasteiger partial charge in [-0.25, -0.2) is 0 Å². The minimum Gasteiger partial charge on any atom is -0.284 e. The van der Waals surface area contributed by atoms with Gasteiger partial charge in [-0.05, 0) is 24.4 Å². The molecule has 21 heavy (non-hydrogen) atoms. The summed E-state index contributed by atoms with van der Waals surface area (Å²) in [5.41, 5.74) is 2.53. The molecule has 0 bridgehead atoms. The third-order valence-corrected chi connectivity index (χ3v) is 3.82. The zero-order valence-corrected chi connectivity index (χ0v) is 12.9. The van der Waals surface area contributed by atoms with Crippen LogP contribution in [0.4, 0.5) is 0 Å². The van der Waals surface area contributed by atoms with E-state index in [0.29, 0.717) is 5.92 Å². The molecule has 0 saturated heterocycles. The van der Waals surface area contributed by atoms with Crippen LogP contribution in [0.25, 0.3) is 27.8 Å². The highest BCUT2D eigenvalue weighted by molar-refractivity contribution is 6.24. The van der Waals surface area contributed by atoms with E-state index in [0.717, 1.165) is 0 Å². The molecule has 1 nitrogen and oxygen atoms in total. The quantitative estimate of drug-likeness (QED) is 0.490. The summed E-state index contributed by atoms with van der Waals surface area (Å²) in [5, 5.41) is 3.91. The average molecular weight is 273 g/mol. The Bertz CT molecular complexity index is 818. The first-order valence-corrected chi connectivity index (χ1v) is 7.54. The number of benzene rings is 2. The molecular weight excluding hydrogens is 253 g/mol. The molecule has 2 heteroatoms. The summed E-state index contributed by atoms with van der Waals surface area (Å²) in [4.78, 5) is 0. The van der Waals surface area contributed by atoms with Crippen LogP contribution in [0.15, 0.2) is 54.7 Å². The Morgan fingerprint density at radius 3 is 2.48 bits per heavy atom. The Morgan fingerprint density at radius 2 is 1.71 bits per heavy atom. The predicted octanol–water partition coefficient (Wildman–Crippen LogP) is 4.47. The normalized spacial score (nSPS) is 11.8. The lowest BCUT2D eigenvalue weighted by molar-refractivity contribution is -0.496. The number of hydrogen-bond acceptors (Lipinski definition) is 0. The van der Waals surface area contributed by atoms with Crippen molar-refractivity contribution in [2.75, 3.05) is 0 Å². The molecule has 0 aliphatic carbocycles. The molecule has 1 aromatic heterocycles. The van der Waals surface area contributed by atoms with Gasteiger partial charge in [-0.3, -0.25) is 4.48 Å². The Hall–Kier alpha value is -2.09. The lowest BCUT2D eigenvalue weighted by Gasteiger charge is -2.07. The maximum atomic E-state index is 2.25. The highest BCUT2D eigenvalue weighted by Gasteiger charge is 2.13. The molecule has 0 saturated carbocycles. The van der Waals surface area contributed by atoms with Gasteiger partial charge in [0.1, 0.15) is 0 Å². The van der Waals surface area contributed by atoms with E-state index in [4.69, 9.17) is 0 Å². The summed E-state index contributed by atoms with van der Waals surface area (Å²) in [6, 6.07) is 15.1. The van der Waals surface area contributed by atoms with Crippen LogP contribution in [-0.2, 0) is 0 Å². The van der Waals surface area contributed by atoms with Crippen molar-refractivity contribution in [3.8, 4) is 0 Å². The largest absolute Gasteiger partial charge is 0.536 e. The molecule has 2 aromatic carbocycles. The maximum Gasteiger partial charge on any atom is 0.536 e. The number of allylic oxidation sites excluding steroid dienone is 1. The van der Waals surface area contributed by atoms with Crippen molar-refractivity contribution in [2.24, 2.45) is 5.92 Å². The first-order chi connectivity index (χ1) is 10.2. The second kappa shape index (κ2) is 5.73. The van der Waals surface area contributed by atoms with Crippen LogP contribution in [0.2, 0.25) is 6.82 Å². The summed E-state index contributed by atoms with van der Waals surface area (Å²) in [7, 11) is 2.12. The van der Waals surface area contributed by atoms with Gasteiger partial charge in [-0.1, -0.05) is 56.3 Å². The van der Waals surface area contributed by atoms with E-state index in [1.165, 1.54) is 27.2 Å². The smallest absolute Gasteiger partial charge is 0.284 e. The minimum absolute atomic E-state index is 0.561. The van der Waals surface area contributed by atoms with Gasteiger partial charge in [-0.2, -0.15) is 0 Å². The van der Waals surface area contributed by atoms with Gasteiger partial charge in [0.25, 0.3) is 0 Å². The van der Waals surface area contributed by atoms with E-state index in [-0.39, 0.29) is 0 Å². The molecule has 1 heterocycles. The van der Waals surface area contributed by atoms with Gasteiger partial charge in [0.05, 0.1) is 10.8 Å². The molecule has 0 amide bonds. The fraction of sp³-hybridized carbons (Fsp3) is 0.211. The van der Waals surface area contributed by atoms with Crippen LogP contribution in [0.3, 0.4) is 0 Å². The van der Waals surface area contributed by atoms with Crippen molar-refractivity contribution in [1.29, 1.82) is 0 Å². The van der Waals surface area contributed by atoms with Crippen molar-refractivity contribution >= 4 is 35.2 Å². The molecule has 0 N–H and O–H groups in total. The summed E-state index contributed by atoms with van der Waals surface area (Å²) in [6.45, 7) is 6.49. The fourth-order valence-electron chi connectivity index (χ4n) is 2.75. The van der Waals surface area contributed by atoms with Crippen LogP contribution in [0.5, 0.6) is 0 Å². The van der Waals surface area contributed by atoms with Crippen LogP contribution < -0.4 is 4.48 Å². The zero-order valence-electron chi connectivity index (χ0n) is 12.9. The molecule has 0 atom stereocenters. The van der Waals surface area contributed by atoms with Crippen LogP contribution >= 0.6 is 0 Å². The van der Waals surface area contributed by atoms with E-state index in [1.54, 1.807) is 0 Å². The van der Waals surface area contributed by atoms with Crippen molar-refractivity contribution in [3.63, 3.8) is 0 Å². The minimum atomic E-state index is 0.561. The molecule has 0 unspecified atom stereocenters. The monoisotopic (exact) mass is 273 g/mol. The summed E-state index contributed by atoms with van der Waals surface area (Å²) in [6.07, 6.45) is 6.73. The van der Waals surface area contributed by atoms with Gasteiger partial charge in [0, 0.05) is 11.5 Å². The molecule has 0 fully saturated rings. The first-order valence-electron chi connectivity index (χ1n) is 7.54. The van der Waals surface area contributed by atoms with E-state index >= 15 is 0 Å². The van der Waals surface area contributed by atoms with Crippen molar-refractivity contribution in [2.45, 2.75) is 20.7 Å². The van der Waals surface area contributed by atoms with Crippen molar-refractivity contribution in [1.82, 2.24) is 0 Å². The molecule has 0 aliphatic heterocycles. The molecule has 0 spiro atoms. The lowest BCUT2D eigenvalue weighted by Crippen LogP contribution is -2.38. The van der Waals surface area contributed by atoms with Gasteiger partial charge in [0.15, 0.2) is 11.7 Å². The fourth-order valence-corrected chi connectivity index (χ4v) is 2.75. The standard InChI is InChI=1S/C19H20BN/c1-14(2)11-12-15-7-6-9-16-17-8-4-5-10-19(17)21(20-3)13-18(15)16/h4-14H,1-3H3/q+1/b12-11+. The van der Waals surface area contributed by atoms with Gasteiger partial charge in [-0.15, -0.1) is 0 Å². The molecular formula is C19H20BN+. The molecule has 0 aliphatic rings. The van der Waals surface area contributed by atoms with Crippen molar-refractivity contribution < 1.29 is 4.48 Å². The van der Waals surface area contributed by atoms with Crippen LogP contribution in [-0.4, -0.2) is 7.41 Å². The molecule has 103 valence electrons. The van der Waals surface area contributed by atoms with Gasteiger partial charge in [0.2, 0.25) is 0 Å². The molecule has 1 radical (unpaired) electrons. The maximum absolute atomic E-state index is 2.25. The average Bonchev–Trinajstić information content (AvgIpc) is 2.52. The zero-order chi connectivity index (χ0) is 14.8. The molecule has 3 aromatic rings. The second-order valence-electron chi connectivity index (χ2n) is 5.72. The summed E-state index contributed by atoms with van der Waals surface area (Å²) < 4.78 is 2.21. The number of fused-ring (bicyclic) bond motifs is 3. The van der Waals surface area contributed by atoms with Gasteiger partial charge >= 0.3 is 7.41 Å². The number of para-hydroxylation sites is 1. The van der Waals surface area contributed by atoms with E-state index in [2.05, 4.69) is 93.4 Å². The lowest BCUT2D eigenvalue weighted by atomic mass is 9.94. The van der Waals surface area contributed by atoms with Crippen LogP contribution in [0, 0.1) is 5.92 Å². The third kappa shape index (κ3) is 2.58. The predicted molar refractivity (Wildman–Crippen MR) is 92.5 cm³/mol. The Kier molecular flexibility index (Phi) is 3.79. The topological polar surface area (TPSA) is 3.88 Å². The number of hydrogen-bond donors (Lipinski definition) is 0. The van der Waals surface area contributed by atoms with E-state index < -0.39 is 0 Å². The third-order valence-electron chi connectivity index (χ3n) is 3.82. The first kappa shape index (κ1) is 13.9. The SMILES string of the molecule is C[B][n+]1cc2c(/C=C/C(C)C)cccc2c2ccccc21. The summed E-state index contributed by atoms with van der Waals surface area (Å²) >= 11 is 0. The van der Waals surface area contributed by atoms with E-state index in [1.807, 2.05) is 0 Å². The number of rotatable bonds is 3. The Labute approximate surface area is 127 Å². The van der Waals surface area contributed by atoms with Crippen molar-refractivity contribution in [3.05, 3.63) is 60.3 Å². The highest BCUT2D eigenvalue weighted by atomic mass is 14.8. The number of pyridine rings is 1. The molecule has 3 rings (SSSR count). The summed E-state index contributed by atoms with van der Waals surface area (Å²) in [5.74, 6) is 0.561. The van der Waals surface area contributed by atoms with Gasteiger partial charge < -0.3 is 0 Å².